The maximum atomic E-state index is 11.2. The molecule has 0 unspecified atom stereocenters. The Kier molecular flexibility index (Phi) is 3.06. The van der Waals surface area contributed by atoms with Gasteiger partial charge in [0, 0.05) is 0 Å². The van der Waals surface area contributed by atoms with E-state index in [4.69, 9.17) is 4.74 Å². The van der Waals surface area contributed by atoms with E-state index in [1.54, 1.807) is 6.92 Å². The summed E-state index contributed by atoms with van der Waals surface area (Å²) in [4.78, 5) is 11.2. The summed E-state index contributed by atoms with van der Waals surface area (Å²) in [5, 5.41) is 0. The third kappa shape index (κ3) is 1.76. The SMILES string of the molecule is CCOC(=O)c1n[se]c(C)c1C. The molecule has 3 nitrogen and oxygen atoms in total. The molecule has 0 aliphatic rings. The predicted octanol–water partition coefficient (Wildman–Crippen LogP) is 0.932. The average molecular weight is 232 g/mol. The third-order valence-electron chi connectivity index (χ3n) is 1.63. The Bertz CT molecular complexity index is 293. The van der Waals surface area contributed by atoms with Gasteiger partial charge >= 0.3 is 77.3 Å². The Labute approximate surface area is 77.7 Å². The van der Waals surface area contributed by atoms with Crippen LogP contribution in [0.15, 0.2) is 0 Å². The van der Waals surface area contributed by atoms with Crippen LogP contribution in [0.3, 0.4) is 0 Å². The quantitative estimate of drug-likeness (QED) is 0.562. The zero-order chi connectivity index (χ0) is 9.14. The number of carbonyl (C=O) groups is 1. The van der Waals surface area contributed by atoms with E-state index in [0.717, 1.165) is 5.56 Å². The molecular formula is C8H11NO2Se. The van der Waals surface area contributed by atoms with Gasteiger partial charge in [0.1, 0.15) is 0 Å². The van der Waals surface area contributed by atoms with Crippen LogP contribution in [0.1, 0.15) is 27.4 Å². The second-order valence-electron chi connectivity index (χ2n) is 2.43. The molecule has 12 heavy (non-hydrogen) atoms. The Balaban J connectivity index is 2.88. The maximum absolute atomic E-state index is 11.2. The monoisotopic (exact) mass is 233 g/mol. The van der Waals surface area contributed by atoms with Gasteiger partial charge in [0.15, 0.2) is 0 Å². The molecule has 0 radical (unpaired) electrons. The van der Waals surface area contributed by atoms with Crippen molar-refractivity contribution in [2.45, 2.75) is 20.8 Å². The van der Waals surface area contributed by atoms with Crippen molar-refractivity contribution < 1.29 is 9.53 Å². The van der Waals surface area contributed by atoms with Gasteiger partial charge in [0.05, 0.1) is 0 Å². The summed E-state index contributed by atoms with van der Waals surface area (Å²) in [5.41, 5.74) is 1.52. The summed E-state index contributed by atoms with van der Waals surface area (Å²) in [6.45, 7) is 6.13. The number of hydrogen-bond donors (Lipinski definition) is 0. The third-order valence-corrected chi connectivity index (χ3v) is 3.42. The minimum atomic E-state index is -0.284. The summed E-state index contributed by atoms with van der Waals surface area (Å²) in [6.07, 6.45) is 0. The van der Waals surface area contributed by atoms with Crippen LogP contribution in [0, 0.1) is 13.8 Å². The van der Waals surface area contributed by atoms with Gasteiger partial charge in [-0.1, -0.05) is 0 Å². The van der Waals surface area contributed by atoms with Crippen molar-refractivity contribution in [1.29, 1.82) is 0 Å². The van der Waals surface area contributed by atoms with Crippen LogP contribution in [-0.2, 0) is 4.74 Å². The van der Waals surface area contributed by atoms with Crippen molar-refractivity contribution >= 4 is 20.7 Å². The Hall–Kier alpha value is -0.601. The van der Waals surface area contributed by atoms with Gasteiger partial charge in [-0.2, -0.15) is 0 Å². The first-order valence-corrected chi connectivity index (χ1v) is 5.39. The molecule has 1 aromatic heterocycles. The molecule has 66 valence electrons. The van der Waals surface area contributed by atoms with Crippen molar-refractivity contribution in [2.24, 2.45) is 0 Å². The molecule has 0 saturated carbocycles. The van der Waals surface area contributed by atoms with Crippen molar-refractivity contribution in [1.82, 2.24) is 3.98 Å². The predicted molar refractivity (Wildman–Crippen MR) is 46.6 cm³/mol. The molecule has 0 N–H and O–H groups in total. The Morgan fingerprint density at radius 1 is 1.58 bits per heavy atom. The van der Waals surface area contributed by atoms with Crippen LogP contribution in [-0.4, -0.2) is 31.3 Å². The van der Waals surface area contributed by atoms with Gasteiger partial charge in [-0.05, 0) is 0 Å². The number of aryl methyl sites for hydroxylation is 1. The molecule has 0 aliphatic carbocycles. The number of rotatable bonds is 2. The van der Waals surface area contributed by atoms with Gasteiger partial charge in [0.2, 0.25) is 0 Å². The summed E-state index contributed by atoms with van der Waals surface area (Å²) in [6, 6.07) is 0. The van der Waals surface area contributed by atoms with E-state index in [1.165, 1.54) is 4.44 Å². The fraction of sp³-hybridized carbons (Fsp3) is 0.500. The molecule has 0 spiro atoms. The fourth-order valence-corrected chi connectivity index (χ4v) is 2.22. The van der Waals surface area contributed by atoms with Gasteiger partial charge in [0.25, 0.3) is 0 Å². The normalized spacial score (nSPS) is 9.92. The van der Waals surface area contributed by atoms with Crippen LogP contribution >= 0.6 is 0 Å². The van der Waals surface area contributed by atoms with Gasteiger partial charge < -0.3 is 0 Å². The van der Waals surface area contributed by atoms with Crippen LogP contribution in [0.4, 0.5) is 0 Å². The van der Waals surface area contributed by atoms with E-state index in [9.17, 15) is 4.79 Å². The number of nitrogens with zero attached hydrogens (tertiary/aromatic N) is 1. The van der Waals surface area contributed by atoms with E-state index in [0.29, 0.717) is 12.3 Å². The zero-order valence-electron chi connectivity index (χ0n) is 7.38. The number of ether oxygens (including phenoxy) is 1. The zero-order valence-corrected chi connectivity index (χ0v) is 9.09. The summed E-state index contributed by atoms with van der Waals surface area (Å²) < 4.78 is 10.2. The first kappa shape index (κ1) is 9.49. The van der Waals surface area contributed by atoms with E-state index in [-0.39, 0.29) is 20.7 Å². The van der Waals surface area contributed by atoms with Gasteiger partial charge in [-0.25, -0.2) is 0 Å². The van der Waals surface area contributed by atoms with E-state index >= 15 is 0 Å². The minimum absolute atomic E-state index is 0.117. The summed E-state index contributed by atoms with van der Waals surface area (Å²) in [7, 11) is 0. The number of esters is 1. The molecule has 1 rings (SSSR count). The van der Waals surface area contributed by atoms with Crippen molar-refractivity contribution in [2.75, 3.05) is 6.61 Å². The van der Waals surface area contributed by atoms with Crippen LogP contribution in [0.2, 0.25) is 0 Å². The molecular weight excluding hydrogens is 221 g/mol. The molecule has 0 aliphatic heterocycles. The fourth-order valence-electron chi connectivity index (χ4n) is 0.808. The van der Waals surface area contributed by atoms with Gasteiger partial charge in [-0.3, -0.25) is 0 Å². The van der Waals surface area contributed by atoms with Crippen LogP contribution < -0.4 is 0 Å². The molecule has 1 aromatic rings. The standard InChI is InChI=1S/C8H11NO2Se/c1-4-11-8(10)7-5(2)6(3)12-9-7/h4H2,1-3H3. The summed E-state index contributed by atoms with van der Waals surface area (Å²) >= 11 is 0.117. The Morgan fingerprint density at radius 2 is 2.25 bits per heavy atom. The second-order valence-corrected chi connectivity index (χ2v) is 4.48. The van der Waals surface area contributed by atoms with E-state index < -0.39 is 0 Å². The molecule has 4 heteroatoms. The van der Waals surface area contributed by atoms with E-state index in [1.807, 2.05) is 13.8 Å². The van der Waals surface area contributed by atoms with Crippen LogP contribution in [0.25, 0.3) is 0 Å². The number of hydrogen-bond acceptors (Lipinski definition) is 3. The summed E-state index contributed by atoms with van der Waals surface area (Å²) in [5.74, 6) is -0.284. The molecule has 0 atom stereocenters. The molecule has 0 bridgehead atoms. The first-order valence-electron chi connectivity index (χ1n) is 3.76. The Morgan fingerprint density at radius 3 is 2.67 bits per heavy atom. The van der Waals surface area contributed by atoms with E-state index in [2.05, 4.69) is 3.98 Å². The first-order chi connectivity index (χ1) is 5.66. The van der Waals surface area contributed by atoms with Crippen molar-refractivity contribution in [3.8, 4) is 0 Å². The molecule has 0 fully saturated rings. The van der Waals surface area contributed by atoms with Gasteiger partial charge in [-0.15, -0.1) is 0 Å². The number of carbonyl (C=O) groups excluding carboxylic acids is 1. The van der Waals surface area contributed by atoms with Crippen molar-refractivity contribution in [3.63, 3.8) is 0 Å². The molecule has 0 aromatic carbocycles. The number of aromatic nitrogens is 1. The second kappa shape index (κ2) is 3.87. The van der Waals surface area contributed by atoms with Crippen molar-refractivity contribution in [3.05, 3.63) is 15.7 Å². The molecule has 1 heterocycles. The topological polar surface area (TPSA) is 39.2 Å². The molecule has 0 saturated heterocycles. The molecule has 0 amide bonds. The van der Waals surface area contributed by atoms with Crippen LogP contribution in [0.5, 0.6) is 0 Å². The average Bonchev–Trinajstić information content (AvgIpc) is 2.34.